The number of nitrogens with one attached hydrogen (secondary N) is 2. The van der Waals surface area contributed by atoms with Crippen LogP contribution < -0.4 is 20.9 Å². The third kappa shape index (κ3) is 4.20. The van der Waals surface area contributed by atoms with Gasteiger partial charge in [-0.1, -0.05) is 0 Å². The maximum absolute atomic E-state index is 14.9. The van der Waals surface area contributed by atoms with Crippen LogP contribution in [-0.2, 0) is 6.18 Å². The number of fused-ring (bicyclic) bond motifs is 1. The highest BCUT2D eigenvalue weighted by Gasteiger charge is 2.51. The van der Waals surface area contributed by atoms with Crippen molar-refractivity contribution in [1.82, 2.24) is 29.5 Å². The zero-order valence-electron chi connectivity index (χ0n) is 17.4. The molecular formula is C20H14F5N7O3. The minimum atomic E-state index is -4.69. The molecule has 1 aliphatic rings. The minimum absolute atomic E-state index is 0.0200. The summed E-state index contributed by atoms with van der Waals surface area (Å²) >= 11 is 0. The number of alkyl halides is 5. The molecule has 182 valence electrons. The smallest absolute Gasteiger partial charge is 0.416 e. The van der Waals surface area contributed by atoms with Crippen molar-refractivity contribution in [2.24, 2.45) is 0 Å². The van der Waals surface area contributed by atoms with Crippen molar-refractivity contribution >= 4 is 11.3 Å². The Kier molecular flexibility index (Phi) is 5.07. The standard InChI is InChI=1S/C20H14F5N7O3/c21-19(22)9-31(8-14(19)35-15-5-10(1-2-26-15)20(23,24)25)13-6-12(30-32-4-3-27-16(13)32)11-7-28-18(34)29-17(11)33/h1-7,14H,8-9H2,(H2,28,29,33,34)/t14-/m0/s1. The number of pyridine rings is 1. The molecule has 0 bridgehead atoms. The van der Waals surface area contributed by atoms with Gasteiger partial charge in [-0.25, -0.2) is 28.1 Å². The molecule has 1 fully saturated rings. The Morgan fingerprint density at radius 3 is 2.69 bits per heavy atom. The highest BCUT2D eigenvalue weighted by molar-refractivity contribution is 5.74. The van der Waals surface area contributed by atoms with E-state index in [0.717, 1.165) is 12.4 Å². The number of aromatic amines is 2. The molecule has 15 heteroatoms. The topological polar surface area (TPSA) is 121 Å². The molecule has 0 unspecified atom stereocenters. The Morgan fingerprint density at radius 1 is 1.14 bits per heavy atom. The third-order valence-corrected chi connectivity index (χ3v) is 5.36. The predicted molar refractivity (Wildman–Crippen MR) is 110 cm³/mol. The van der Waals surface area contributed by atoms with Crippen molar-refractivity contribution in [2.75, 3.05) is 18.0 Å². The van der Waals surface area contributed by atoms with Gasteiger partial charge < -0.3 is 14.6 Å². The highest BCUT2D eigenvalue weighted by atomic mass is 19.4. The molecule has 35 heavy (non-hydrogen) atoms. The molecule has 1 aliphatic heterocycles. The predicted octanol–water partition coefficient (Wildman–Crippen LogP) is 2.09. The third-order valence-electron chi connectivity index (χ3n) is 5.36. The van der Waals surface area contributed by atoms with Crippen LogP contribution in [0.1, 0.15) is 5.56 Å². The van der Waals surface area contributed by atoms with Gasteiger partial charge in [-0.05, 0) is 12.1 Å². The fraction of sp³-hybridized carbons (Fsp3) is 0.250. The largest absolute Gasteiger partial charge is 0.466 e. The zero-order valence-corrected chi connectivity index (χ0v) is 17.4. The van der Waals surface area contributed by atoms with Crippen LogP contribution in [-0.4, -0.2) is 54.7 Å². The molecule has 1 saturated heterocycles. The number of imidazole rings is 1. The monoisotopic (exact) mass is 495 g/mol. The van der Waals surface area contributed by atoms with Crippen molar-refractivity contribution in [1.29, 1.82) is 0 Å². The first-order valence-corrected chi connectivity index (χ1v) is 10.0. The first kappa shape index (κ1) is 22.5. The molecule has 10 nitrogen and oxygen atoms in total. The summed E-state index contributed by atoms with van der Waals surface area (Å²) in [6.07, 6.45) is -1.72. The van der Waals surface area contributed by atoms with Gasteiger partial charge in [0.05, 0.1) is 29.9 Å². The van der Waals surface area contributed by atoms with Gasteiger partial charge in [0, 0.05) is 30.9 Å². The second-order valence-corrected chi connectivity index (χ2v) is 7.72. The van der Waals surface area contributed by atoms with Gasteiger partial charge in [0.25, 0.3) is 5.56 Å². The Bertz CT molecular complexity index is 1530. The molecule has 0 radical (unpaired) electrons. The van der Waals surface area contributed by atoms with Crippen LogP contribution in [0.5, 0.6) is 5.88 Å². The lowest BCUT2D eigenvalue weighted by Crippen LogP contribution is -2.36. The van der Waals surface area contributed by atoms with Gasteiger partial charge in [0.1, 0.15) is 5.69 Å². The number of halogens is 5. The number of hydrogen-bond donors (Lipinski definition) is 2. The number of hydrogen-bond acceptors (Lipinski definition) is 7. The Hall–Kier alpha value is -4.30. The lowest BCUT2D eigenvalue weighted by atomic mass is 10.2. The normalized spacial score (nSPS) is 17.7. The fourth-order valence-corrected chi connectivity index (χ4v) is 3.72. The van der Waals surface area contributed by atoms with Crippen molar-refractivity contribution in [3.05, 3.63) is 69.4 Å². The van der Waals surface area contributed by atoms with Crippen LogP contribution in [0.2, 0.25) is 0 Å². The summed E-state index contributed by atoms with van der Waals surface area (Å²) in [7, 11) is 0. The fourth-order valence-electron chi connectivity index (χ4n) is 3.72. The van der Waals surface area contributed by atoms with Crippen LogP contribution in [0.3, 0.4) is 0 Å². The van der Waals surface area contributed by atoms with Gasteiger partial charge in [0.15, 0.2) is 11.8 Å². The van der Waals surface area contributed by atoms with Crippen LogP contribution in [0.4, 0.5) is 27.6 Å². The van der Waals surface area contributed by atoms with Crippen molar-refractivity contribution in [2.45, 2.75) is 18.2 Å². The molecule has 4 aromatic heterocycles. The maximum atomic E-state index is 14.9. The maximum Gasteiger partial charge on any atom is 0.416 e. The van der Waals surface area contributed by atoms with E-state index >= 15 is 0 Å². The van der Waals surface area contributed by atoms with E-state index in [1.165, 1.54) is 27.9 Å². The average molecular weight is 495 g/mol. The van der Waals surface area contributed by atoms with Gasteiger partial charge in [0.2, 0.25) is 5.88 Å². The van der Waals surface area contributed by atoms with Crippen LogP contribution in [0.25, 0.3) is 16.9 Å². The quantitative estimate of drug-likeness (QED) is 0.416. The van der Waals surface area contributed by atoms with E-state index in [2.05, 4.69) is 25.0 Å². The van der Waals surface area contributed by atoms with E-state index in [-0.39, 0.29) is 22.6 Å². The number of ether oxygens (including phenoxy) is 1. The summed E-state index contributed by atoms with van der Waals surface area (Å²) in [4.78, 5) is 36.9. The number of nitrogens with zero attached hydrogens (tertiary/aromatic N) is 5. The Balaban J connectivity index is 1.50. The SMILES string of the molecule is O=c1[nH]cc(-c2cc(N3C[C@H](Oc4cc(C(F)(F)F)ccn4)C(F)(F)C3)c3nccn3n2)c(=O)[nH]1. The molecule has 0 spiro atoms. The van der Waals surface area contributed by atoms with Crippen LogP contribution in [0.15, 0.2) is 52.6 Å². The van der Waals surface area contributed by atoms with Gasteiger partial charge in [-0.3, -0.25) is 9.78 Å². The number of anilines is 1. The first-order chi connectivity index (χ1) is 16.5. The van der Waals surface area contributed by atoms with E-state index in [1.54, 1.807) is 0 Å². The number of aromatic nitrogens is 6. The summed E-state index contributed by atoms with van der Waals surface area (Å²) in [5.41, 5.74) is -2.13. The summed E-state index contributed by atoms with van der Waals surface area (Å²) in [6.45, 7) is -1.26. The highest BCUT2D eigenvalue weighted by Crippen LogP contribution is 2.37. The lowest BCUT2D eigenvalue weighted by Gasteiger charge is -2.19. The summed E-state index contributed by atoms with van der Waals surface area (Å²) in [6, 6.07) is 2.61. The number of rotatable bonds is 4. The molecule has 0 aromatic carbocycles. The molecule has 0 aliphatic carbocycles. The van der Waals surface area contributed by atoms with E-state index < -0.39 is 54.0 Å². The second-order valence-electron chi connectivity index (χ2n) is 7.72. The van der Waals surface area contributed by atoms with Crippen molar-refractivity contribution < 1.29 is 26.7 Å². The van der Waals surface area contributed by atoms with E-state index in [0.29, 0.717) is 12.1 Å². The molecule has 0 amide bonds. The average Bonchev–Trinajstić information content (AvgIpc) is 3.36. The van der Waals surface area contributed by atoms with Crippen molar-refractivity contribution in [3.63, 3.8) is 0 Å². The number of H-pyrrole nitrogens is 2. The van der Waals surface area contributed by atoms with E-state index in [9.17, 15) is 31.5 Å². The summed E-state index contributed by atoms with van der Waals surface area (Å²) < 4.78 is 75.1. The van der Waals surface area contributed by atoms with Gasteiger partial charge >= 0.3 is 17.8 Å². The van der Waals surface area contributed by atoms with Gasteiger partial charge in [-0.2, -0.15) is 18.3 Å². The van der Waals surface area contributed by atoms with Crippen LogP contribution in [0, 0.1) is 0 Å². The summed E-state index contributed by atoms with van der Waals surface area (Å²) in [5, 5.41) is 4.23. The molecule has 5 rings (SSSR count). The second kappa shape index (κ2) is 7.89. The zero-order chi connectivity index (χ0) is 25.0. The van der Waals surface area contributed by atoms with Crippen LogP contribution >= 0.6 is 0 Å². The summed E-state index contributed by atoms with van der Waals surface area (Å²) in [5.74, 6) is -4.05. The molecule has 1 atom stereocenters. The Labute approximate surface area is 191 Å². The van der Waals surface area contributed by atoms with Crippen molar-refractivity contribution in [3.8, 4) is 17.1 Å². The molecule has 5 heterocycles. The Morgan fingerprint density at radius 2 is 1.94 bits per heavy atom. The van der Waals surface area contributed by atoms with Gasteiger partial charge in [-0.15, -0.1) is 0 Å². The first-order valence-electron chi connectivity index (χ1n) is 10.0. The minimum Gasteiger partial charge on any atom is -0.466 e. The van der Waals surface area contributed by atoms with E-state index in [1.807, 2.05) is 0 Å². The lowest BCUT2D eigenvalue weighted by molar-refractivity contribution is -0.137. The molecule has 4 aromatic rings. The molecule has 2 N–H and O–H groups in total. The van der Waals surface area contributed by atoms with E-state index in [4.69, 9.17) is 4.74 Å². The molecular weight excluding hydrogens is 481 g/mol. The molecule has 0 saturated carbocycles.